The number of tetrazole rings is 1. The number of alkyl halides is 1. The van der Waals surface area contributed by atoms with Gasteiger partial charge in [-0.2, -0.15) is 0 Å². The van der Waals surface area contributed by atoms with Crippen LogP contribution in [0.15, 0.2) is 6.33 Å². The summed E-state index contributed by atoms with van der Waals surface area (Å²) in [4.78, 5) is 0. The van der Waals surface area contributed by atoms with E-state index in [9.17, 15) is 0 Å². The van der Waals surface area contributed by atoms with Crippen molar-refractivity contribution in [2.45, 2.75) is 13.0 Å². The van der Waals surface area contributed by atoms with Crippen LogP contribution in [0.4, 0.5) is 0 Å². The molecule has 1 aromatic rings. The maximum absolute atomic E-state index is 3.69. The number of hydrogen-bond donors (Lipinski definition) is 0. The van der Waals surface area contributed by atoms with Crippen LogP contribution in [0, 0.1) is 0 Å². The SMILES string of the molecule is BrCCCn1cnnn1. The fraction of sp³-hybridized carbons (Fsp3) is 0.750. The zero-order valence-corrected chi connectivity index (χ0v) is 6.45. The van der Waals surface area contributed by atoms with Crippen molar-refractivity contribution in [1.82, 2.24) is 20.2 Å². The van der Waals surface area contributed by atoms with Crippen LogP contribution in [-0.4, -0.2) is 25.5 Å². The summed E-state index contributed by atoms with van der Waals surface area (Å²) in [5, 5.41) is 11.7. The molecule has 9 heavy (non-hydrogen) atoms. The molecule has 0 bridgehead atoms. The van der Waals surface area contributed by atoms with Crippen LogP contribution in [-0.2, 0) is 6.54 Å². The Bertz CT molecular complexity index is 150. The van der Waals surface area contributed by atoms with Gasteiger partial charge >= 0.3 is 0 Å². The zero-order valence-electron chi connectivity index (χ0n) is 4.87. The lowest BCUT2D eigenvalue weighted by molar-refractivity contribution is 0.582. The molecule has 0 aliphatic carbocycles. The van der Waals surface area contributed by atoms with Gasteiger partial charge < -0.3 is 0 Å². The third-order valence-corrected chi connectivity index (χ3v) is 1.47. The molecule has 50 valence electrons. The lowest BCUT2D eigenvalue weighted by Crippen LogP contribution is -1.98. The maximum atomic E-state index is 3.69. The maximum Gasteiger partial charge on any atom is 0.138 e. The molecule has 0 aliphatic heterocycles. The predicted octanol–water partition coefficient (Wildman–Crippen LogP) is 0.458. The van der Waals surface area contributed by atoms with Crippen LogP contribution in [0.1, 0.15) is 6.42 Å². The Morgan fingerprint density at radius 1 is 1.56 bits per heavy atom. The number of nitrogens with zero attached hydrogens (tertiary/aromatic N) is 4. The van der Waals surface area contributed by atoms with E-state index in [0.717, 1.165) is 18.3 Å². The van der Waals surface area contributed by atoms with E-state index < -0.39 is 0 Å². The van der Waals surface area contributed by atoms with E-state index >= 15 is 0 Å². The van der Waals surface area contributed by atoms with Crippen LogP contribution in [0.25, 0.3) is 0 Å². The van der Waals surface area contributed by atoms with Crippen molar-refractivity contribution in [3.8, 4) is 0 Å². The minimum atomic E-state index is 0.887. The van der Waals surface area contributed by atoms with Crippen molar-refractivity contribution in [3.05, 3.63) is 6.33 Å². The standard InChI is InChI=1S/C4H7BrN4/c5-2-1-3-9-4-6-7-8-9/h4H,1-3H2. The Morgan fingerprint density at radius 3 is 3.00 bits per heavy atom. The molecule has 1 heterocycles. The van der Waals surface area contributed by atoms with E-state index in [-0.39, 0.29) is 0 Å². The fourth-order valence-corrected chi connectivity index (χ4v) is 0.755. The van der Waals surface area contributed by atoms with Crippen molar-refractivity contribution in [2.75, 3.05) is 5.33 Å². The number of aryl methyl sites for hydroxylation is 1. The van der Waals surface area contributed by atoms with Gasteiger partial charge in [0.1, 0.15) is 6.33 Å². The molecular formula is C4H7BrN4. The molecule has 1 aromatic heterocycles. The summed E-state index contributed by atoms with van der Waals surface area (Å²) >= 11 is 3.31. The average Bonchev–Trinajstić information content (AvgIpc) is 2.34. The Morgan fingerprint density at radius 2 is 2.44 bits per heavy atom. The fourth-order valence-electron chi connectivity index (χ4n) is 0.504. The van der Waals surface area contributed by atoms with Gasteiger partial charge in [-0.15, -0.1) is 5.10 Å². The quantitative estimate of drug-likeness (QED) is 0.651. The second-order valence-electron chi connectivity index (χ2n) is 1.62. The van der Waals surface area contributed by atoms with E-state index in [0.29, 0.717) is 0 Å². The highest BCUT2D eigenvalue weighted by atomic mass is 79.9. The highest BCUT2D eigenvalue weighted by molar-refractivity contribution is 9.09. The first-order valence-electron chi connectivity index (χ1n) is 2.70. The molecule has 0 fully saturated rings. The molecule has 0 N–H and O–H groups in total. The summed E-state index contributed by atoms with van der Waals surface area (Å²) in [5.41, 5.74) is 0. The molecule has 5 heteroatoms. The molecule has 0 spiro atoms. The highest BCUT2D eigenvalue weighted by Gasteiger charge is 1.88. The van der Waals surface area contributed by atoms with E-state index in [1.54, 1.807) is 11.0 Å². The second kappa shape index (κ2) is 3.55. The molecule has 0 unspecified atom stereocenters. The molecule has 0 saturated carbocycles. The van der Waals surface area contributed by atoms with Gasteiger partial charge in [0, 0.05) is 11.9 Å². The average molecular weight is 191 g/mol. The number of halogens is 1. The highest BCUT2D eigenvalue weighted by Crippen LogP contribution is 1.89. The molecule has 0 amide bonds. The molecule has 0 radical (unpaired) electrons. The van der Waals surface area contributed by atoms with Crippen LogP contribution in [0.5, 0.6) is 0 Å². The minimum absolute atomic E-state index is 0.887. The van der Waals surface area contributed by atoms with Gasteiger partial charge in [-0.3, -0.25) is 0 Å². The normalized spacial score (nSPS) is 9.89. The lowest BCUT2D eigenvalue weighted by atomic mass is 10.5. The van der Waals surface area contributed by atoms with Crippen molar-refractivity contribution < 1.29 is 0 Å². The monoisotopic (exact) mass is 190 g/mol. The molecule has 0 atom stereocenters. The number of hydrogen-bond acceptors (Lipinski definition) is 3. The van der Waals surface area contributed by atoms with Crippen molar-refractivity contribution in [1.29, 1.82) is 0 Å². The predicted molar refractivity (Wildman–Crippen MR) is 36.2 cm³/mol. The molecule has 1 rings (SSSR count). The first kappa shape index (κ1) is 6.67. The summed E-state index contributed by atoms with van der Waals surface area (Å²) in [6, 6.07) is 0. The van der Waals surface area contributed by atoms with Crippen molar-refractivity contribution in [2.24, 2.45) is 0 Å². The molecule has 4 nitrogen and oxygen atoms in total. The third-order valence-electron chi connectivity index (χ3n) is 0.912. The van der Waals surface area contributed by atoms with Gasteiger partial charge in [0.05, 0.1) is 0 Å². The van der Waals surface area contributed by atoms with Gasteiger partial charge in [0.2, 0.25) is 0 Å². The topological polar surface area (TPSA) is 43.6 Å². The van der Waals surface area contributed by atoms with Crippen molar-refractivity contribution in [3.63, 3.8) is 0 Å². The Labute approximate surface area is 61.4 Å². The van der Waals surface area contributed by atoms with Gasteiger partial charge in [-0.25, -0.2) is 4.68 Å². The first-order valence-corrected chi connectivity index (χ1v) is 3.82. The van der Waals surface area contributed by atoms with Crippen LogP contribution in [0.3, 0.4) is 0 Å². The van der Waals surface area contributed by atoms with E-state index in [1.165, 1.54) is 0 Å². The van der Waals surface area contributed by atoms with Gasteiger partial charge in [0.15, 0.2) is 0 Å². The van der Waals surface area contributed by atoms with Crippen LogP contribution >= 0.6 is 15.9 Å². The molecule has 0 aliphatic rings. The Balaban J connectivity index is 2.30. The van der Waals surface area contributed by atoms with E-state index in [1.807, 2.05) is 0 Å². The zero-order chi connectivity index (χ0) is 6.53. The Hall–Kier alpha value is -0.450. The molecule has 0 saturated heterocycles. The molecular weight excluding hydrogens is 184 g/mol. The van der Waals surface area contributed by atoms with E-state index in [4.69, 9.17) is 0 Å². The largest absolute Gasteiger partial charge is 0.232 e. The summed E-state index contributed by atoms with van der Waals surface area (Å²) in [6.07, 6.45) is 2.67. The smallest absolute Gasteiger partial charge is 0.138 e. The first-order chi connectivity index (χ1) is 4.43. The second-order valence-corrected chi connectivity index (χ2v) is 2.41. The molecule has 0 aromatic carbocycles. The van der Waals surface area contributed by atoms with Crippen molar-refractivity contribution >= 4 is 15.9 Å². The summed E-state index contributed by atoms with van der Waals surface area (Å²) in [5.74, 6) is 0. The van der Waals surface area contributed by atoms with E-state index in [2.05, 4.69) is 31.5 Å². The van der Waals surface area contributed by atoms with Gasteiger partial charge in [0.25, 0.3) is 0 Å². The summed E-state index contributed by atoms with van der Waals surface area (Å²) in [6.45, 7) is 0.887. The Kier molecular flexibility index (Phi) is 2.63. The minimum Gasteiger partial charge on any atom is -0.232 e. The number of rotatable bonds is 3. The third kappa shape index (κ3) is 2.09. The lowest BCUT2D eigenvalue weighted by Gasteiger charge is -1.92. The number of aromatic nitrogens is 4. The van der Waals surface area contributed by atoms with Gasteiger partial charge in [-0.05, 0) is 16.8 Å². The van der Waals surface area contributed by atoms with Crippen LogP contribution in [0.2, 0.25) is 0 Å². The van der Waals surface area contributed by atoms with Crippen LogP contribution < -0.4 is 0 Å². The summed E-state index contributed by atoms with van der Waals surface area (Å²) in [7, 11) is 0. The van der Waals surface area contributed by atoms with Gasteiger partial charge in [-0.1, -0.05) is 15.9 Å². The summed E-state index contributed by atoms with van der Waals surface area (Å²) < 4.78 is 1.71.